The topological polar surface area (TPSA) is 38.3 Å². The van der Waals surface area contributed by atoms with E-state index in [0.717, 1.165) is 18.2 Å². The molecule has 0 saturated carbocycles. The molecule has 1 aromatic carbocycles. The van der Waals surface area contributed by atoms with E-state index in [1.807, 2.05) is 0 Å². The van der Waals surface area contributed by atoms with Gasteiger partial charge in [-0.3, -0.25) is 0 Å². The molecule has 1 aromatic rings. The van der Waals surface area contributed by atoms with Crippen LogP contribution >= 0.6 is 0 Å². The third kappa shape index (κ3) is 1.53. The van der Waals surface area contributed by atoms with Crippen molar-refractivity contribution in [2.75, 3.05) is 6.61 Å². The molecule has 1 atom stereocenters. The third-order valence-corrected chi connectivity index (χ3v) is 2.01. The minimum absolute atomic E-state index is 0.0270. The lowest BCUT2D eigenvalue weighted by molar-refractivity contribution is 0.176. The molecule has 0 bridgehead atoms. The normalized spacial score (nSPS) is 20.4. The molecule has 1 aliphatic heterocycles. The van der Waals surface area contributed by atoms with Crippen LogP contribution in [0.2, 0.25) is 0 Å². The Morgan fingerprint density at radius 3 is 2.86 bits per heavy atom. The quantitative estimate of drug-likeness (QED) is 0.748. The van der Waals surface area contributed by atoms with Crippen LogP contribution in [-0.2, 0) is 4.74 Å². The number of halogens is 2. The zero-order chi connectivity index (χ0) is 10.1. The molecule has 1 fully saturated rings. The van der Waals surface area contributed by atoms with Gasteiger partial charge in [-0.05, 0) is 18.2 Å². The number of alkyl carbamates (subject to hydrolysis) is 1. The van der Waals surface area contributed by atoms with Crippen LogP contribution in [0.5, 0.6) is 0 Å². The minimum Gasteiger partial charge on any atom is -0.447 e. The summed E-state index contributed by atoms with van der Waals surface area (Å²) < 4.78 is 30.5. The molecule has 1 amide bonds. The van der Waals surface area contributed by atoms with E-state index >= 15 is 0 Å². The van der Waals surface area contributed by atoms with Crippen molar-refractivity contribution in [3.8, 4) is 0 Å². The van der Waals surface area contributed by atoms with E-state index in [9.17, 15) is 13.6 Å². The number of hydrogen-bond acceptors (Lipinski definition) is 2. The van der Waals surface area contributed by atoms with Gasteiger partial charge in [-0.15, -0.1) is 0 Å². The molecule has 74 valence electrons. The fraction of sp³-hybridized carbons (Fsp3) is 0.222. The van der Waals surface area contributed by atoms with Crippen LogP contribution in [0.1, 0.15) is 11.6 Å². The smallest absolute Gasteiger partial charge is 0.407 e. The lowest BCUT2D eigenvalue weighted by Crippen LogP contribution is -2.19. The van der Waals surface area contributed by atoms with Crippen molar-refractivity contribution < 1.29 is 18.3 Å². The number of benzene rings is 1. The Morgan fingerprint density at radius 2 is 2.21 bits per heavy atom. The van der Waals surface area contributed by atoms with Crippen LogP contribution in [0.25, 0.3) is 0 Å². The molecule has 0 aliphatic carbocycles. The Balaban J connectivity index is 2.31. The number of carbonyl (C=O) groups is 1. The first kappa shape index (κ1) is 8.93. The molecule has 0 aromatic heterocycles. The molecule has 3 nitrogen and oxygen atoms in total. The highest BCUT2D eigenvalue weighted by Gasteiger charge is 2.26. The first-order chi connectivity index (χ1) is 6.66. The van der Waals surface area contributed by atoms with Crippen LogP contribution in [0.3, 0.4) is 0 Å². The Morgan fingerprint density at radius 1 is 1.43 bits per heavy atom. The summed E-state index contributed by atoms with van der Waals surface area (Å²) in [6.07, 6.45) is -0.612. The highest BCUT2D eigenvalue weighted by molar-refractivity contribution is 5.70. The van der Waals surface area contributed by atoms with Crippen molar-refractivity contribution in [2.24, 2.45) is 0 Å². The Labute approximate surface area is 78.7 Å². The van der Waals surface area contributed by atoms with Gasteiger partial charge in [-0.25, -0.2) is 13.6 Å². The highest BCUT2D eigenvalue weighted by atomic mass is 19.1. The Hall–Kier alpha value is -1.65. The van der Waals surface area contributed by atoms with Crippen LogP contribution < -0.4 is 5.32 Å². The second-order valence-electron chi connectivity index (χ2n) is 2.96. The Bertz CT molecular complexity index is 381. The van der Waals surface area contributed by atoms with Crippen molar-refractivity contribution in [3.63, 3.8) is 0 Å². The van der Waals surface area contributed by atoms with E-state index in [-0.39, 0.29) is 12.2 Å². The average Bonchev–Trinajstić information content (AvgIpc) is 2.56. The van der Waals surface area contributed by atoms with Crippen molar-refractivity contribution in [2.45, 2.75) is 6.04 Å². The summed E-state index contributed by atoms with van der Waals surface area (Å²) in [5.41, 5.74) is 0.107. The molecule has 1 heterocycles. The van der Waals surface area contributed by atoms with Gasteiger partial charge in [0, 0.05) is 5.56 Å². The summed E-state index contributed by atoms with van der Waals surface area (Å²) in [4.78, 5) is 10.7. The lowest BCUT2D eigenvalue weighted by atomic mass is 10.1. The first-order valence-corrected chi connectivity index (χ1v) is 4.05. The molecular weight excluding hydrogens is 192 g/mol. The first-order valence-electron chi connectivity index (χ1n) is 4.05. The second kappa shape index (κ2) is 3.25. The molecule has 0 unspecified atom stereocenters. The van der Waals surface area contributed by atoms with E-state index in [0.29, 0.717) is 0 Å². The summed E-state index contributed by atoms with van der Waals surface area (Å²) in [6.45, 7) is 0.0270. The zero-order valence-corrected chi connectivity index (χ0v) is 7.09. The number of carbonyl (C=O) groups excluding carboxylic acids is 1. The summed E-state index contributed by atoms with van der Waals surface area (Å²) in [5.74, 6) is -1.09. The minimum atomic E-state index is -0.612. The number of hydrogen-bond donors (Lipinski definition) is 1. The zero-order valence-electron chi connectivity index (χ0n) is 7.09. The number of rotatable bonds is 1. The average molecular weight is 199 g/mol. The van der Waals surface area contributed by atoms with Crippen molar-refractivity contribution in [1.29, 1.82) is 0 Å². The molecule has 2 rings (SSSR count). The molecule has 0 radical (unpaired) electrons. The standard InChI is InChI=1S/C9H7F2NO2/c10-5-1-2-7(11)6(3-5)8-4-14-9(13)12-8/h1-3,8H,4H2,(H,12,13)/t8-/m0/s1. The largest absolute Gasteiger partial charge is 0.447 e. The molecule has 14 heavy (non-hydrogen) atoms. The maximum atomic E-state index is 13.2. The van der Waals surface area contributed by atoms with Crippen LogP contribution in [0.15, 0.2) is 18.2 Å². The summed E-state index contributed by atoms with van der Waals surface area (Å²) >= 11 is 0. The van der Waals surface area contributed by atoms with E-state index in [2.05, 4.69) is 10.1 Å². The van der Waals surface area contributed by atoms with Gasteiger partial charge in [0.25, 0.3) is 0 Å². The maximum absolute atomic E-state index is 13.2. The maximum Gasteiger partial charge on any atom is 0.407 e. The van der Waals surface area contributed by atoms with E-state index in [4.69, 9.17) is 0 Å². The SMILES string of the molecule is O=C1N[C@H](c2cc(F)ccc2F)CO1. The predicted octanol–water partition coefficient (Wildman–Crippen LogP) is 1.75. The van der Waals surface area contributed by atoms with Gasteiger partial charge in [0.1, 0.15) is 18.2 Å². The Kier molecular flexibility index (Phi) is 2.07. The second-order valence-corrected chi connectivity index (χ2v) is 2.96. The number of ether oxygens (including phenoxy) is 1. The monoisotopic (exact) mass is 199 g/mol. The molecule has 1 N–H and O–H groups in total. The van der Waals surface area contributed by atoms with Crippen LogP contribution in [0, 0.1) is 11.6 Å². The van der Waals surface area contributed by atoms with E-state index < -0.39 is 23.8 Å². The van der Waals surface area contributed by atoms with Gasteiger partial charge in [-0.1, -0.05) is 0 Å². The van der Waals surface area contributed by atoms with E-state index in [1.54, 1.807) is 0 Å². The third-order valence-electron chi connectivity index (χ3n) is 2.01. The van der Waals surface area contributed by atoms with Crippen molar-refractivity contribution >= 4 is 6.09 Å². The van der Waals surface area contributed by atoms with Gasteiger partial charge in [0.15, 0.2) is 0 Å². The van der Waals surface area contributed by atoms with E-state index in [1.165, 1.54) is 0 Å². The summed E-state index contributed by atoms with van der Waals surface area (Å²) in [6, 6.07) is 2.50. The molecule has 5 heteroatoms. The van der Waals surface area contributed by atoms with Gasteiger partial charge in [-0.2, -0.15) is 0 Å². The highest BCUT2D eigenvalue weighted by Crippen LogP contribution is 2.21. The number of amides is 1. The van der Waals surface area contributed by atoms with Crippen molar-refractivity contribution in [3.05, 3.63) is 35.4 Å². The number of cyclic esters (lactones) is 1. The molecule has 1 saturated heterocycles. The van der Waals surface area contributed by atoms with Gasteiger partial charge in [0.2, 0.25) is 0 Å². The summed E-state index contributed by atoms with van der Waals surface area (Å²) in [5, 5.41) is 2.37. The molecular formula is C9H7F2NO2. The van der Waals surface area contributed by atoms with Gasteiger partial charge >= 0.3 is 6.09 Å². The van der Waals surface area contributed by atoms with Crippen LogP contribution in [0.4, 0.5) is 13.6 Å². The van der Waals surface area contributed by atoms with Gasteiger partial charge in [0.05, 0.1) is 6.04 Å². The number of nitrogens with one attached hydrogen (secondary N) is 1. The predicted molar refractivity (Wildman–Crippen MR) is 43.6 cm³/mol. The van der Waals surface area contributed by atoms with Gasteiger partial charge < -0.3 is 10.1 Å². The lowest BCUT2D eigenvalue weighted by Gasteiger charge is -2.08. The fourth-order valence-corrected chi connectivity index (χ4v) is 1.33. The molecule has 0 spiro atoms. The van der Waals surface area contributed by atoms with Crippen molar-refractivity contribution in [1.82, 2.24) is 5.32 Å². The summed E-state index contributed by atoms with van der Waals surface area (Å²) in [7, 11) is 0. The molecule has 1 aliphatic rings. The van der Waals surface area contributed by atoms with Crippen LogP contribution in [-0.4, -0.2) is 12.7 Å². The fourth-order valence-electron chi connectivity index (χ4n) is 1.33.